The van der Waals surface area contributed by atoms with Crippen LogP contribution in [-0.4, -0.2) is 4.98 Å². The Morgan fingerprint density at radius 2 is 1.92 bits per heavy atom. The van der Waals surface area contributed by atoms with Gasteiger partial charge in [0, 0.05) is 10.8 Å². The monoisotopic (exact) mass is 177 g/mol. The first-order chi connectivity index (χ1) is 6.33. The zero-order chi connectivity index (χ0) is 9.26. The maximum absolute atomic E-state index is 13.1. The summed E-state index contributed by atoms with van der Waals surface area (Å²) in [7, 11) is 0. The summed E-state index contributed by atoms with van der Waals surface area (Å²) >= 11 is 0. The van der Waals surface area contributed by atoms with Crippen molar-refractivity contribution in [2.45, 2.75) is 0 Å². The molecule has 0 atom stereocenters. The van der Waals surface area contributed by atoms with E-state index in [4.69, 9.17) is 5.84 Å². The molecular formula is C9H8FN3. The number of anilines is 1. The van der Waals surface area contributed by atoms with Crippen LogP contribution >= 0.6 is 0 Å². The molecule has 0 spiro atoms. The van der Waals surface area contributed by atoms with Crippen LogP contribution < -0.4 is 11.3 Å². The third-order valence-corrected chi connectivity index (χ3v) is 1.90. The SMILES string of the molecule is NNc1cnc(F)c2ccccc12. The second-order valence-corrected chi connectivity index (χ2v) is 2.65. The molecule has 2 rings (SSSR count). The van der Waals surface area contributed by atoms with E-state index in [0.29, 0.717) is 11.1 Å². The van der Waals surface area contributed by atoms with Gasteiger partial charge in [0.1, 0.15) is 0 Å². The number of rotatable bonds is 1. The van der Waals surface area contributed by atoms with Crippen molar-refractivity contribution in [3.63, 3.8) is 0 Å². The molecule has 2 aromatic rings. The highest BCUT2D eigenvalue weighted by atomic mass is 19.1. The van der Waals surface area contributed by atoms with E-state index in [1.807, 2.05) is 6.07 Å². The third kappa shape index (κ3) is 1.21. The zero-order valence-electron chi connectivity index (χ0n) is 6.79. The number of pyridine rings is 1. The van der Waals surface area contributed by atoms with E-state index in [9.17, 15) is 4.39 Å². The van der Waals surface area contributed by atoms with Gasteiger partial charge in [-0.1, -0.05) is 18.2 Å². The summed E-state index contributed by atoms with van der Waals surface area (Å²) in [4.78, 5) is 3.57. The second-order valence-electron chi connectivity index (χ2n) is 2.65. The quantitative estimate of drug-likeness (QED) is 0.395. The topological polar surface area (TPSA) is 50.9 Å². The Kier molecular flexibility index (Phi) is 1.83. The smallest absolute Gasteiger partial charge is 0.220 e. The summed E-state index contributed by atoms with van der Waals surface area (Å²) in [6.45, 7) is 0. The van der Waals surface area contributed by atoms with Gasteiger partial charge in [0.05, 0.1) is 11.9 Å². The maximum atomic E-state index is 13.1. The summed E-state index contributed by atoms with van der Waals surface area (Å²) in [5.41, 5.74) is 3.09. The first-order valence-corrected chi connectivity index (χ1v) is 3.83. The molecule has 1 heterocycles. The Balaban J connectivity index is 2.84. The molecule has 0 saturated carbocycles. The minimum atomic E-state index is -0.477. The van der Waals surface area contributed by atoms with Crippen LogP contribution in [0.2, 0.25) is 0 Å². The van der Waals surface area contributed by atoms with Crippen LogP contribution in [0.3, 0.4) is 0 Å². The lowest BCUT2D eigenvalue weighted by molar-refractivity contribution is 0.597. The molecule has 0 aliphatic carbocycles. The van der Waals surface area contributed by atoms with Crippen LogP contribution in [0.25, 0.3) is 10.8 Å². The Hall–Kier alpha value is -1.68. The lowest BCUT2D eigenvalue weighted by Gasteiger charge is -2.04. The van der Waals surface area contributed by atoms with E-state index < -0.39 is 5.95 Å². The Morgan fingerprint density at radius 3 is 2.62 bits per heavy atom. The normalized spacial score (nSPS) is 10.3. The van der Waals surface area contributed by atoms with Gasteiger partial charge < -0.3 is 5.43 Å². The summed E-state index contributed by atoms with van der Waals surface area (Å²) in [6, 6.07) is 7.03. The van der Waals surface area contributed by atoms with E-state index in [1.165, 1.54) is 6.20 Å². The minimum Gasteiger partial charge on any atom is -0.322 e. The number of nitrogens with two attached hydrogens (primary N) is 1. The predicted octanol–water partition coefficient (Wildman–Crippen LogP) is 1.66. The van der Waals surface area contributed by atoms with Gasteiger partial charge >= 0.3 is 0 Å². The largest absolute Gasteiger partial charge is 0.322 e. The highest BCUT2D eigenvalue weighted by Crippen LogP contribution is 2.22. The van der Waals surface area contributed by atoms with Crippen LogP contribution in [0.4, 0.5) is 10.1 Å². The summed E-state index contributed by atoms with van der Waals surface area (Å²) in [5, 5.41) is 1.20. The van der Waals surface area contributed by atoms with Gasteiger partial charge in [-0.05, 0) is 6.07 Å². The number of halogens is 1. The lowest BCUT2D eigenvalue weighted by atomic mass is 10.1. The average molecular weight is 177 g/mol. The highest BCUT2D eigenvalue weighted by molar-refractivity contribution is 5.92. The number of nitrogen functional groups attached to an aromatic ring is 1. The van der Waals surface area contributed by atoms with Crippen LogP contribution in [0.5, 0.6) is 0 Å². The first kappa shape index (κ1) is 7.94. The number of fused-ring (bicyclic) bond motifs is 1. The highest BCUT2D eigenvalue weighted by Gasteiger charge is 2.04. The van der Waals surface area contributed by atoms with Crippen molar-refractivity contribution in [1.82, 2.24) is 4.98 Å². The molecule has 4 heteroatoms. The maximum Gasteiger partial charge on any atom is 0.220 e. The van der Waals surface area contributed by atoms with Crippen molar-refractivity contribution in [2.24, 2.45) is 5.84 Å². The molecule has 13 heavy (non-hydrogen) atoms. The molecular weight excluding hydrogens is 169 g/mol. The Morgan fingerprint density at radius 1 is 1.23 bits per heavy atom. The fraction of sp³-hybridized carbons (Fsp3) is 0. The van der Waals surface area contributed by atoms with E-state index in [2.05, 4.69) is 10.4 Å². The number of nitrogens with one attached hydrogen (secondary N) is 1. The van der Waals surface area contributed by atoms with Crippen LogP contribution in [0.15, 0.2) is 30.5 Å². The van der Waals surface area contributed by atoms with Crippen molar-refractivity contribution in [1.29, 1.82) is 0 Å². The molecule has 0 aliphatic heterocycles. The molecule has 3 nitrogen and oxygen atoms in total. The minimum absolute atomic E-state index is 0.470. The summed E-state index contributed by atoms with van der Waals surface area (Å²) in [6.07, 6.45) is 1.37. The van der Waals surface area contributed by atoms with Gasteiger partial charge in [0.25, 0.3) is 0 Å². The van der Waals surface area contributed by atoms with E-state index in [0.717, 1.165) is 5.39 Å². The fourth-order valence-corrected chi connectivity index (χ4v) is 1.27. The van der Waals surface area contributed by atoms with Gasteiger partial charge in [-0.2, -0.15) is 4.39 Å². The van der Waals surface area contributed by atoms with Crippen LogP contribution in [-0.2, 0) is 0 Å². The van der Waals surface area contributed by atoms with Gasteiger partial charge in [0.15, 0.2) is 0 Å². The van der Waals surface area contributed by atoms with Crippen LogP contribution in [0.1, 0.15) is 0 Å². The molecule has 0 amide bonds. The molecule has 0 aliphatic rings. The van der Waals surface area contributed by atoms with Crippen molar-refractivity contribution in [3.8, 4) is 0 Å². The first-order valence-electron chi connectivity index (χ1n) is 3.83. The number of benzene rings is 1. The summed E-state index contributed by atoms with van der Waals surface area (Å²) < 4.78 is 13.1. The van der Waals surface area contributed by atoms with Crippen LogP contribution in [0, 0.1) is 5.95 Å². The molecule has 0 bridgehead atoms. The molecule has 1 aromatic heterocycles. The van der Waals surface area contributed by atoms with Gasteiger partial charge in [-0.15, -0.1) is 0 Å². The van der Waals surface area contributed by atoms with Gasteiger partial charge in [-0.25, -0.2) is 4.98 Å². The fourth-order valence-electron chi connectivity index (χ4n) is 1.27. The van der Waals surface area contributed by atoms with E-state index in [-0.39, 0.29) is 0 Å². The second kappa shape index (κ2) is 2.99. The average Bonchev–Trinajstić information content (AvgIpc) is 2.19. The Bertz CT molecular complexity index is 442. The molecule has 0 saturated heterocycles. The Labute approximate surface area is 74.4 Å². The lowest BCUT2D eigenvalue weighted by Crippen LogP contribution is -2.07. The van der Waals surface area contributed by atoms with Crippen molar-refractivity contribution < 1.29 is 4.39 Å². The van der Waals surface area contributed by atoms with E-state index >= 15 is 0 Å². The van der Waals surface area contributed by atoms with Crippen molar-refractivity contribution >= 4 is 16.5 Å². The van der Waals surface area contributed by atoms with Gasteiger partial charge in [0.2, 0.25) is 5.95 Å². The molecule has 0 unspecified atom stereocenters. The molecule has 0 fully saturated rings. The number of hydrogen-bond acceptors (Lipinski definition) is 3. The predicted molar refractivity (Wildman–Crippen MR) is 49.5 cm³/mol. The number of nitrogens with zero attached hydrogens (tertiary/aromatic N) is 1. The van der Waals surface area contributed by atoms with E-state index in [1.54, 1.807) is 18.2 Å². The number of aromatic nitrogens is 1. The molecule has 0 radical (unpaired) electrons. The third-order valence-electron chi connectivity index (χ3n) is 1.90. The molecule has 66 valence electrons. The standard InChI is InChI=1S/C9H8FN3/c10-9-7-4-2-1-3-6(7)8(13-11)5-12-9/h1-5,13H,11H2. The van der Waals surface area contributed by atoms with Crippen molar-refractivity contribution in [3.05, 3.63) is 36.4 Å². The molecule has 3 N–H and O–H groups in total. The molecule has 1 aromatic carbocycles. The zero-order valence-corrected chi connectivity index (χ0v) is 6.79. The number of hydrogen-bond donors (Lipinski definition) is 2. The number of hydrazine groups is 1. The van der Waals surface area contributed by atoms with Gasteiger partial charge in [-0.3, -0.25) is 5.84 Å². The summed E-state index contributed by atoms with van der Waals surface area (Å²) in [5.74, 6) is 4.78. The van der Waals surface area contributed by atoms with Crippen molar-refractivity contribution in [2.75, 3.05) is 5.43 Å².